The fraction of sp³-hybridized carbons (Fsp3) is 0.471. The number of ketones is 1. The zero-order valence-electron chi connectivity index (χ0n) is 11.9. The predicted molar refractivity (Wildman–Crippen MR) is 80.4 cm³/mol. The molecule has 0 unspecified atom stereocenters. The van der Waals surface area contributed by atoms with Gasteiger partial charge >= 0.3 is 0 Å². The fourth-order valence-corrected chi connectivity index (χ4v) is 3.23. The normalized spacial score (nSPS) is 15.8. The van der Waals surface area contributed by atoms with Crippen molar-refractivity contribution in [2.75, 3.05) is 7.11 Å². The molecule has 0 aliphatic heterocycles. The molecule has 0 bridgehead atoms. The first kappa shape index (κ1) is 13.2. The molecule has 0 saturated heterocycles. The molecule has 3 nitrogen and oxygen atoms in total. The molecule has 0 spiro atoms. The average Bonchev–Trinajstić information content (AvgIpc) is 3.13. The van der Waals surface area contributed by atoms with Crippen LogP contribution in [0.5, 0.6) is 5.75 Å². The standard InChI is InChI=1S/C17H21NO2/c1-20-13-7-8-16-14(10-13)15(11-18-16)17(19)9-6-12-4-2-3-5-12/h7-8,10-12,18H,2-6,9H2,1H3. The van der Waals surface area contributed by atoms with Crippen molar-refractivity contribution in [3.8, 4) is 5.75 Å². The van der Waals surface area contributed by atoms with E-state index in [1.54, 1.807) is 7.11 Å². The minimum Gasteiger partial charge on any atom is -0.497 e. The third-order valence-corrected chi connectivity index (χ3v) is 4.44. The number of ether oxygens (including phenoxy) is 1. The molecular weight excluding hydrogens is 250 g/mol. The number of fused-ring (bicyclic) bond motifs is 1. The first-order chi connectivity index (χ1) is 9.78. The zero-order chi connectivity index (χ0) is 13.9. The second kappa shape index (κ2) is 5.70. The van der Waals surface area contributed by atoms with Crippen LogP contribution in [0.15, 0.2) is 24.4 Å². The smallest absolute Gasteiger partial charge is 0.165 e. The van der Waals surface area contributed by atoms with Crippen LogP contribution in [-0.4, -0.2) is 17.9 Å². The highest BCUT2D eigenvalue weighted by molar-refractivity contribution is 6.08. The molecule has 20 heavy (non-hydrogen) atoms. The minimum atomic E-state index is 0.247. The van der Waals surface area contributed by atoms with E-state index in [0.29, 0.717) is 6.42 Å². The maximum Gasteiger partial charge on any atom is 0.165 e. The molecule has 0 radical (unpaired) electrons. The molecule has 3 rings (SSSR count). The molecule has 1 heterocycles. The molecule has 1 aliphatic rings. The average molecular weight is 271 g/mol. The van der Waals surface area contributed by atoms with Crippen molar-refractivity contribution < 1.29 is 9.53 Å². The number of hydrogen-bond donors (Lipinski definition) is 1. The zero-order valence-corrected chi connectivity index (χ0v) is 11.9. The lowest BCUT2D eigenvalue weighted by molar-refractivity contribution is 0.0975. The number of benzene rings is 1. The van der Waals surface area contributed by atoms with Gasteiger partial charge in [0.1, 0.15) is 5.75 Å². The van der Waals surface area contributed by atoms with Crippen LogP contribution < -0.4 is 4.74 Å². The summed E-state index contributed by atoms with van der Waals surface area (Å²) in [5.41, 5.74) is 1.80. The molecule has 1 aromatic heterocycles. The molecule has 0 amide bonds. The van der Waals surface area contributed by atoms with Gasteiger partial charge in [-0.25, -0.2) is 0 Å². The summed E-state index contributed by atoms with van der Waals surface area (Å²) in [5.74, 6) is 1.80. The van der Waals surface area contributed by atoms with Crippen molar-refractivity contribution in [1.29, 1.82) is 0 Å². The Hall–Kier alpha value is -1.77. The van der Waals surface area contributed by atoms with Crippen LogP contribution >= 0.6 is 0 Å². The number of aromatic nitrogens is 1. The second-order valence-corrected chi connectivity index (χ2v) is 5.73. The summed E-state index contributed by atoms with van der Waals surface area (Å²) in [6.45, 7) is 0. The van der Waals surface area contributed by atoms with Crippen LogP contribution in [0.1, 0.15) is 48.9 Å². The number of H-pyrrole nitrogens is 1. The Kier molecular flexibility index (Phi) is 3.77. The van der Waals surface area contributed by atoms with Crippen molar-refractivity contribution in [2.45, 2.75) is 38.5 Å². The van der Waals surface area contributed by atoms with E-state index in [1.165, 1.54) is 25.7 Å². The Balaban J connectivity index is 1.76. The molecule has 0 atom stereocenters. The first-order valence-corrected chi connectivity index (χ1v) is 7.46. The number of Topliss-reactive ketones (excluding diaryl/α,β-unsaturated/α-hetero) is 1. The van der Waals surface area contributed by atoms with Gasteiger partial charge in [-0.15, -0.1) is 0 Å². The number of carbonyl (C=O) groups excluding carboxylic acids is 1. The second-order valence-electron chi connectivity index (χ2n) is 5.73. The van der Waals surface area contributed by atoms with Crippen molar-refractivity contribution in [1.82, 2.24) is 4.98 Å². The lowest BCUT2D eigenvalue weighted by atomic mass is 9.97. The van der Waals surface area contributed by atoms with Gasteiger partial charge in [0, 0.05) is 29.1 Å². The Bertz CT molecular complexity index is 608. The van der Waals surface area contributed by atoms with Crippen LogP contribution in [0.25, 0.3) is 10.9 Å². The predicted octanol–water partition coefficient (Wildman–Crippen LogP) is 4.33. The number of aromatic amines is 1. The number of rotatable bonds is 5. The molecule has 1 fully saturated rings. The van der Waals surface area contributed by atoms with Crippen molar-refractivity contribution in [3.63, 3.8) is 0 Å². The van der Waals surface area contributed by atoms with Gasteiger partial charge in [0.25, 0.3) is 0 Å². The first-order valence-electron chi connectivity index (χ1n) is 7.46. The van der Waals surface area contributed by atoms with E-state index >= 15 is 0 Å². The molecule has 1 aliphatic carbocycles. The number of carbonyl (C=O) groups is 1. The summed E-state index contributed by atoms with van der Waals surface area (Å²) in [4.78, 5) is 15.6. The Labute approximate surface area is 119 Å². The Morgan fingerprint density at radius 2 is 2.15 bits per heavy atom. The van der Waals surface area contributed by atoms with Gasteiger partial charge in [0.05, 0.1) is 7.11 Å². The number of methoxy groups -OCH3 is 1. The van der Waals surface area contributed by atoms with Crippen molar-refractivity contribution >= 4 is 16.7 Å². The fourth-order valence-electron chi connectivity index (χ4n) is 3.23. The highest BCUT2D eigenvalue weighted by Crippen LogP contribution is 2.30. The van der Waals surface area contributed by atoms with Gasteiger partial charge in [-0.1, -0.05) is 25.7 Å². The van der Waals surface area contributed by atoms with Gasteiger partial charge in [0.2, 0.25) is 0 Å². The summed E-state index contributed by atoms with van der Waals surface area (Å²) in [7, 11) is 1.65. The van der Waals surface area contributed by atoms with E-state index in [0.717, 1.165) is 34.6 Å². The van der Waals surface area contributed by atoms with Crippen LogP contribution in [0.3, 0.4) is 0 Å². The van der Waals surface area contributed by atoms with E-state index in [4.69, 9.17) is 4.74 Å². The van der Waals surface area contributed by atoms with Gasteiger partial charge < -0.3 is 9.72 Å². The minimum absolute atomic E-state index is 0.247. The van der Waals surface area contributed by atoms with Crippen LogP contribution in [0, 0.1) is 5.92 Å². The van der Waals surface area contributed by atoms with Gasteiger partial charge in [-0.3, -0.25) is 4.79 Å². The van der Waals surface area contributed by atoms with Crippen molar-refractivity contribution in [3.05, 3.63) is 30.0 Å². The SMILES string of the molecule is COc1ccc2[nH]cc(C(=O)CCC3CCCC3)c2c1. The molecule has 3 heteroatoms. The third-order valence-electron chi connectivity index (χ3n) is 4.44. The van der Waals surface area contributed by atoms with Crippen molar-refractivity contribution in [2.24, 2.45) is 5.92 Å². The van der Waals surface area contributed by atoms with Crippen LogP contribution in [0.4, 0.5) is 0 Å². The van der Waals surface area contributed by atoms with Gasteiger partial charge in [-0.2, -0.15) is 0 Å². The molecular formula is C17H21NO2. The quantitative estimate of drug-likeness (QED) is 0.822. The topological polar surface area (TPSA) is 42.1 Å². The molecule has 1 aromatic carbocycles. The molecule has 2 aromatic rings. The summed E-state index contributed by atoms with van der Waals surface area (Å²) >= 11 is 0. The monoisotopic (exact) mass is 271 g/mol. The largest absolute Gasteiger partial charge is 0.497 e. The van der Waals surface area contributed by atoms with Gasteiger partial charge in [0.15, 0.2) is 5.78 Å². The van der Waals surface area contributed by atoms with E-state index in [-0.39, 0.29) is 5.78 Å². The van der Waals surface area contributed by atoms with Crippen LogP contribution in [-0.2, 0) is 0 Å². The molecule has 1 saturated carbocycles. The van der Waals surface area contributed by atoms with E-state index in [9.17, 15) is 4.79 Å². The van der Waals surface area contributed by atoms with Crippen LogP contribution in [0.2, 0.25) is 0 Å². The maximum absolute atomic E-state index is 12.4. The Morgan fingerprint density at radius 1 is 1.35 bits per heavy atom. The lowest BCUT2D eigenvalue weighted by Gasteiger charge is -2.07. The summed E-state index contributed by atoms with van der Waals surface area (Å²) in [6, 6.07) is 5.81. The number of hydrogen-bond acceptors (Lipinski definition) is 2. The highest BCUT2D eigenvalue weighted by Gasteiger charge is 2.18. The Morgan fingerprint density at radius 3 is 2.90 bits per heavy atom. The third kappa shape index (κ3) is 2.58. The van der Waals surface area contributed by atoms with E-state index in [2.05, 4.69) is 4.98 Å². The molecule has 106 valence electrons. The summed E-state index contributed by atoms with van der Waals surface area (Å²) < 4.78 is 5.24. The summed E-state index contributed by atoms with van der Waals surface area (Å²) in [5, 5.41) is 0.973. The van der Waals surface area contributed by atoms with Gasteiger partial charge in [-0.05, 0) is 30.5 Å². The number of nitrogens with one attached hydrogen (secondary N) is 1. The highest BCUT2D eigenvalue weighted by atomic mass is 16.5. The maximum atomic E-state index is 12.4. The summed E-state index contributed by atoms with van der Waals surface area (Å²) in [6.07, 6.45) is 8.81. The van der Waals surface area contributed by atoms with E-state index in [1.807, 2.05) is 24.4 Å². The van der Waals surface area contributed by atoms with E-state index < -0.39 is 0 Å². The molecule has 1 N–H and O–H groups in total. The lowest BCUT2D eigenvalue weighted by Crippen LogP contribution is -2.02.